The topological polar surface area (TPSA) is 74.2 Å². The summed E-state index contributed by atoms with van der Waals surface area (Å²) >= 11 is 0. The van der Waals surface area contributed by atoms with Gasteiger partial charge in [0.15, 0.2) is 0 Å². The van der Waals surface area contributed by atoms with Crippen molar-refractivity contribution in [3.8, 4) is 5.75 Å². The Kier molecular flexibility index (Phi) is 7.73. The molecule has 1 unspecified atom stereocenters. The maximum absolute atomic E-state index is 12.6. The molecule has 174 valence electrons. The molecule has 0 aliphatic carbocycles. The Morgan fingerprint density at radius 1 is 1.03 bits per heavy atom. The minimum Gasteiger partial charge on any atom is -0.497 e. The molecule has 4 rings (SSSR count). The van der Waals surface area contributed by atoms with Gasteiger partial charge in [0.1, 0.15) is 5.75 Å². The number of ether oxygens (including phenoxy) is 1. The van der Waals surface area contributed by atoms with E-state index in [2.05, 4.69) is 21.4 Å². The van der Waals surface area contributed by atoms with E-state index in [4.69, 9.17) is 4.74 Å². The number of likely N-dealkylation sites (tertiary alicyclic amines) is 1. The van der Waals surface area contributed by atoms with Crippen molar-refractivity contribution in [2.24, 2.45) is 5.10 Å². The van der Waals surface area contributed by atoms with Crippen molar-refractivity contribution in [2.45, 2.75) is 38.1 Å². The van der Waals surface area contributed by atoms with Crippen LogP contribution in [-0.4, -0.2) is 60.7 Å². The Bertz CT molecular complexity index is 986. The smallest absolute Gasteiger partial charge is 0.243 e. The first kappa shape index (κ1) is 23.0. The number of nitrogens with one attached hydrogen (secondary N) is 1. The van der Waals surface area contributed by atoms with Crippen LogP contribution in [0.4, 0.5) is 0 Å². The molecule has 1 fully saturated rings. The van der Waals surface area contributed by atoms with Crippen molar-refractivity contribution in [3.05, 3.63) is 65.7 Å². The predicted octanol–water partition coefficient (Wildman–Crippen LogP) is 3.37. The van der Waals surface area contributed by atoms with Crippen LogP contribution < -0.4 is 10.1 Å². The molecular formula is C26H32N4O3. The summed E-state index contributed by atoms with van der Waals surface area (Å²) < 4.78 is 5.38. The second kappa shape index (κ2) is 11.1. The quantitative estimate of drug-likeness (QED) is 0.638. The minimum atomic E-state index is -0.111. The van der Waals surface area contributed by atoms with Gasteiger partial charge < -0.3 is 10.1 Å². The third kappa shape index (κ3) is 5.99. The van der Waals surface area contributed by atoms with Crippen molar-refractivity contribution < 1.29 is 14.3 Å². The van der Waals surface area contributed by atoms with Gasteiger partial charge in [0.25, 0.3) is 0 Å². The van der Waals surface area contributed by atoms with Crippen LogP contribution in [0.1, 0.15) is 49.3 Å². The molecule has 0 bridgehead atoms. The summed E-state index contributed by atoms with van der Waals surface area (Å²) in [4.78, 5) is 27.6. The summed E-state index contributed by atoms with van der Waals surface area (Å²) in [6.45, 7) is 3.12. The van der Waals surface area contributed by atoms with Crippen LogP contribution >= 0.6 is 0 Å². The second-order valence-electron chi connectivity index (χ2n) is 8.52. The molecule has 1 N–H and O–H groups in total. The van der Waals surface area contributed by atoms with Crippen LogP contribution in [0.25, 0.3) is 0 Å². The molecule has 7 heteroatoms. The van der Waals surface area contributed by atoms with Gasteiger partial charge >= 0.3 is 0 Å². The number of carbonyl (C=O) groups excluding carboxylic acids is 2. The zero-order chi connectivity index (χ0) is 23.0. The number of amides is 2. The summed E-state index contributed by atoms with van der Waals surface area (Å²) in [5, 5.41) is 9.02. The van der Waals surface area contributed by atoms with E-state index < -0.39 is 0 Å². The Labute approximate surface area is 195 Å². The summed E-state index contributed by atoms with van der Waals surface area (Å²) in [5.74, 6) is 0.594. The zero-order valence-corrected chi connectivity index (χ0v) is 19.2. The van der Waals surface area contributed by atoms with Gasteiger partial charge in [-0.1, -0.05) is 42.5 Å². The average molecular weight is 449 g/mol. The SMILES string of the molecule is COc1cccc(C(CNC(=O)CCC(=O)N2CCC(c3ccccc3)=N2)N2CCCC2)c1. The summed E-state index contributed by atoms with van der Waals surface area (Å²) in [6, 6.07) is 18.0. The lowest BCUT2D eigenvalue weighted by Gasteiger charge is -2.28. The highest BCUT2D eigenvalue weighted by atomic mass is 16.5. The molecule has 33 heavy (non-hydrogen) atoms. The van der Waals surface area contributed by atoms with Gasteiger partial charge in [0.05, 0.1) is 25.4 Å². The Balaban J connectivity index is 1.29. The largest absolute Gasteiger partial charge is 0.497 e. The third-order valence-corrected chi connectivity index (χ3v) is 6.32. The molecule has 0 radical (unpaired) electrons. The first-order valence-electron chi connectivity index (χ1n) is 11.7. The first-order chi connectivity index (χ1) is 16.1. The molecular weight excluding hydrogens is 416 g/mol. The van der Waals surface area contributed by atoms with Crippen LogP contribution in [-0.2, 0) is 9.59 Å². The number of methoxy groups -OCH3 is 1. The zero-order valence-electron chi connectivity index (χ0n) is 19.2. The molecule has 0 spiro atoms. The summed E-state index contributed by atoms with van der Waals surface area (Å²) in [5.41, 5.74) is 3.09. The highest BCUT2D eigenvalue weighted by Crippen LogP contribution is 2.27. The number of benzene rings is 2. The van der Waals surface area contributed by atoms with Crippen LogP contribution in [0.3, 0.4) is 0 Å². The Hall–Kier alpha value is -3.19. The molecule has 2 aliphatic rings. The first-order valence-corrected chi connectivity index (χ1v) is 11.7. The number of hydrogen-bond acceptors (Lipinski definition) is 5. The molecule has 2 aromatic carbocycles. The second-order valence-corrected chi connectivity index (χ2v) is 8.52. The van der Waals surface area contributed by atoms with E-state index in [0.717, 1.165) is 42.1 Å². The molecule has 0 saturated carbocycles. The molecule has 2 heterocycles. The molecule has 2 amide bonds. The molecule has 0 aromatic heterocycles. The fraction of sp³-hybridized carbons (Fsp3) is 0.423. The predicted molar refractivity (Wildman–Crippen MR) is 128 cm³/mol. The maximum atomic E-state index is 12.6. The van der Waals surface area contributed by atoms with Gasteiger partial charge in [-0.2, -0.15) is 5.10 Å². The minimum absolute atomic E-state index is 0.0962. The van der Waals surface area contributed by atoms with E-state index in [1.165, 1.54) is 17.9 Å². The van der Waals surface area contributed by atoms with Gasteiger partial charge in [-0.3, -0.25) is 14.5 Å². The number of hydrazone groups is 1. The number of carbonyl (C=O) groups is 2. The fourth-order valence-corrected chi connectivity index (χ4v) is 4.48. The molecule has 2 aromatic rings. The van der Waals surface area contributed by atoms with Crippen LogP contribution in [0, 0.1) is 0 Å². The van der Waals surface area contributed by atoms with E-state index in [1.807, 2.05) is 48.5 Å². The highest BCUT2D eigenvalue weighted by molar-refractivity contribution is 6.02. The van der Waals surface area contributed by atoms with Crippen LogP contribution in [0.15, 0.2) is 59.7 Å². The van der Waals surface area contributed by atoms with Gasteiger partial charge in [-0.25, -0.2) is 5.01 Å². The monoisotopic (exact) mass is 448 g/mol. The molecule has 1 atom stereocenters. The Morgan fingerprint density at radius 3 is 2.58 bits per heavy atom. The lowest BCUT2D eigenvalue weighted by Crippen LogP contribution is -2.37. The summed E-state index contributed by atoms with van der Waals surface area (Å²) in [6.07, 6.45) is 3.40. The number of hydrogen-bond donors (Lipinski definition) is 1. The lowest BCUT2D eigenvalue weighted by atomic mass is 10.0. The van der Waals surface area contributed by atoms with Crippen LogP contribution in [0.5, 0.6) is 5.75 Å². The maximum Gasteiger partial charge on any atom is 0.243 e. The van der Waals surface area contributed by atoms with Gasteiger partial charge in [-0.05, 0) is 49.2 Å². The van der Waals surface area contributed by atoms with Gasteiger partial charge in [-0.15, -0.1) is 0 Å². The van der Waals surface area contributed by atoms with Crippen molar-refractivity contribution in [3.63, 3.8) is 0 Å². The lowest BCUT2D eigenvalue weighted by molar-refractivity contribution is -0.133. The molecule has 1 saturated heterocycles. The molecule has 2 aliphatic heterocycles. The van der Waals surface area contributed by atoms with Crippen molar-refractivity contribution in [1.82, 2.24) is 15.2 Å². The normalized spacial score (nSPS) is 17.0. The standard InChI is InChI=1S/C26H32N4O3/c1-33-22-11-7-10-21(18-22)24(29-15-5-6-16-29)19-27-25(31)12-13-26(32)30-17-14-23(28-30)20-8-3-2-4-9-20/h2-4,7-11,18,24H,5-6,12-17,19H2,1H3,(H,27,31). The van der Waals surface area contributed by atoms with Crippen LogP contribution in [0.2, 0.25) is 0 Å². The van der Waals surface area contributed by atoms with Crippen molar-refractivity contribution >= 4 is 17.5 Å². The van der Waals surface area contributed by atoms with Gasteiger partial charge in [0.2, 0.25) is 11.8 Å². The number of nitrogens with zero attached hydrogens (tertiary/aromatic N) is 3. The van der Waals surface area contributed by atoms with E-state index in [0.29, 0.717) is 13.1 Å². The van der Waals surface area contributed by atoms with Crippen molar-refractivity contribution in [1.29, 1.82) is 0 Å². The highest BCUT2D eigenvalue weighted by Gasteiger charge is 2.25. The van der Waals surface area contributed by atoms with E-state index in [-0.39, 0.29) is 30.7 Å². The average Bonchev–Trinajstić information content (AvgIpc) is 3.56. The summed E-state index contributed by atoms with van der Waals surface area (Å²) in [7, 11) is 1.66. The van der Waals surface area contributed by atoms with E-state index in [1.54, 1.807) is 7.11 Å². The Morgan fingerprint density at radius 2 is 1.82 bits per heavy atom. The third-order valence-electron chi connectivity index (χ3n) is 6.32. The van der Waals surface area contributed by atoms with Gasteiger partial charge in [0, 0.05) is 25.8 Å². The van der Waals surface area contributed by atoms with E-state index in [9.17, 15) is 9.59 Å². The van der Waals surface area contributed by atoms with Crippen molar-refractivity contribution in [2.75, 3.05) is 33.3 Å². The fourth-order valence-electron chi connectivity index (χ4n) is 4.48. The number of rotatable bonds is 9. The molecule has 7 nitrogen and oxygen atoms in total. The van der Waals surface area contributed by atoms with E-state index >= 15 is 0 Å².